The normalized spacial score (nSPS) is 24.3. The minimum atomic E-state index is -5.06. The van der Waals surface area contributed by atoms with Gasteiger partial charge < -0.3 is 61.2 Å². The Bertz CT molecular complexity index is 2740. The van der Waals surface area contributed by atoms with Crippen LogP contribution >= 0.6 is 0 Å². The number of likely N-dealkylation sites (N-methyl/N-ethyl adjacent to an activating group) is 1. The van der Waals surface area contributed by atoms with Crippen LogP contribution in [0.4, 0.5) is 0 Å². The number of rotatable bonds is 20. The lowest BCUT2D eigenvalue weighted by molar-refractivity contribution is -0.168. The number of nitrogens with one attached hydrogen (secondary N) is 5. The van der Waals surface area contributed by atoms with Crippen LogP contribution in [0.25, 0.3) is 0 Å². The number of phenols is 2. The third kappa shape index (κ3) is 17.7. The van der Waals surface area contributed by atoms with E-state index in [0.717, 1.165) is 12.0 Å². The first-order chi connectivity index (χ1) is 37.8. The van der Waals surface area contributed by atoms with Crippen molar-refractivity contribution in [2.24, 2.45) is 11.8 Å². The average molecular weight is 1140 g/mol. The largest absolute Gasteiger partial charge is 0.508 e. The van der Waals surface area contributed by atoms with Gasteiger partial charge in [-0.15, -0.1) is 0 Å². The minimum Gasteiger partial charge on any atom is -0.508 e. The van der Waals surface area contributed by atoms with Crippen molar-refractivity contribution in [1.82, 2.24) is 36.4 Å². The molecule has 2 fully saturated rings. The summed E-state index contributed by atoms with van der Waals surface area (Å²) < 4.78 is 47.5. The molecule has 0 spiro atoms. The molecule has 3 aromatic rings. The number of hydrogen-bond acceptors (Lipinski definition) is 16. The van der Waals surface area contributed by atoms with Gasteiger partial charge in [0.25, 0.3) is 5.91 Å². The summed E-state index contributed by atoms with van der Waals surface area (Å²) in [6, 6.07) is 10.1. The van der Waals surface area contributed by atoms with Crippen molar-refractivity contribution in [2.75, 3.05) is 20.8 Å². The van der Waals surface area contributed by atoms with Gasteiger partial charge in [0.2, 0.25) is 35.4 Å². The second-order valence-corrected chi connectivity index (χ2v) is 21.4. The summed E-state index contributed by atoms with van der Waals surface area (Å²) in [6.45, 7) is 7.16. The zero-order chi connectivity index (χ0) is 59.0. The molecule has 25 heteroatoms. The van der Waals surface area contributed by atoms with Crippen molar-refractivity contribution in [3.05, 3.63) is 95.6 Å². The Morgan fingerprint density at radius 3 is 1.95 bits per heavy atom. The number of hydrogen-bond donors (Lipinski definition) is 9. The predicted octanol–water partition coefficient (Wildman–Crippen LogP) is 1.34. The molecule has 2 bridgehead atoms. The first-order valence-electron chi connectivity index (χ1n) is 26.6. The van der Waals surface area contributed by atoms with E-state index < -0.39 is 137 Å². The number of piperidine rings is 1. The molecule has 0 aliphatic carbocycles. The highest BCUT2D eigenvalue weighted by Gasteiger charge is 2.47. The quantitative estimate of drug-likeness (QED) is 0.0569. The number of methoxy groups -OCH3 is 1. The molecule has 2 saturated heterocycles. The van der Waals surface area contributed by atoms with Crippen LogP contribution in [0.15, 0.2) is 78.9 Å². The van der Waals surface area contributed by atoms with Gasteiger partial charge in [-0.25, -0.2) is 8.98 Å². The molecule has 2 heterocycles. The number of fused-ring (bicyclic) bond motifs is 2. The topological polar surface area (TPSA) is 346 Å². The number of esters is 1. The number of benzene rings is 3. The zero-order valence-electron chi connectivity index (χ0n) is 45.9. The molecule has 438 valence electrons. The number of carbonyl (C=O) groups is 8. The monoisotopic (exact) mass is 1140 g/mol. The molecule has 5 rings (SSSR count). The third-order valence-corrected chi connectivity index (χ3v) is 15.1. The van der Waals surface area contributed by atoms with Crippen LogP contribution in [0.5, 0.6) is 11.5 Å². The summed E-state index contributed by atoms with van der Waals surface area (Å²) in [6.07, 6.45) is -4.74. The summed E-state index contributed by atoms with van der Waals surface area (Å²) in [7, 11) is -2.64. The summed E-state index contributed by atoms with van der Waals surface area (Å²) in [5.74, 6) is -8.92. The molecule has 12 atom stereocenters. The Morgan fingerprint density at radius 1 is 0.775 bits per heavy atom. The second kappa shape index (κ2) is 29.3. The fraction of sp³-hybridized carbons (Fsp3) is 0.527. The molecule has 24 nitrogen and oxygen atoms in total. The van der Waals surface area contributed by atoms with Crippen molar-refractivity contribution >= 4 is 57.7 Å². The lowest BCUT2D eigenvalue weighted by atomic mass is 9.91. The van der Waals surface area contributed by atoms with Crippen LogP contribution < -0.4 is 26.6 Å². The Labute approximate surface area is 465 Å². The molecular weight excluding hydrogens is 1060 g/mol. The van der Waals surface area contributed by atoms with Crippen LogP contribution in [0.2, 0.25) is 0 Å². The maximum atomic E-state index is 15.1. The van der Waals surface area contributed by atoms with Crippen LogP contribution in [0, 0.1) is 11.8 Å². The fourth-order valence-corrected chi connectivity index (χ4v) is 9.70. The van der Waals surface area contributed by atoms with E-state index >= 15 is 9.59 Å². The van der Waals surface area contributed by atoms with Crippen molar-refractivity contribution in [2.45, 2.75) is 153 Å². The van der Waals surface area contributed by atoms with Gasteiger partial charge in [-0.2, -0.15) is 8.42 Å². The minimum absolute atomic E-state index is 0.0414. The highest BCUT2D eigenvalue weighted by atomic mass is 32.3. The fourth-order valence-electron chi connectivity index (χ4n) is 9.40. The molecule has 7 amide bonds. The Balaban J connectivity index is 1.64. The zero-order valence-corrected chi connectivity index (χ0v) is 46.7. The molecule has 0 saturated carbocycles. The Kier molecular flexibility index (Phi) is 23.3. The molecule has 2 aliphatic rings. The van der Waals surface area contributed by atoms with E-state index in [0.29, 0.717) is 23.1 Å². The van der Waals surface area contributed by atoms with Gasteiger partial charge in [-0.05, 0) is 98.2 Å². The number of aryl methyl sites for hydroxylation is 2. The summed E-state index contributed by atoms with van der Waals surface area (Å²) in [5, 5.41) is 44.7. The number of carbonyl (C=O) groups excluding carboxylic acids is 8. The second-order valence-electron chi connectivity index (χ2n) is 20.3. The molecule has 0 unspecified atom stereocenters. The van der Waals surface area contributed by atoms with Crippen LogP contribution in [0.1, 0.15) is 89.8 Å². The standard InChI is InChI=1S/C55H75N7O17S/c1-8-31(3)45-55(73)79-33(5)46(60-49(67)40(26-20-35-17-23-38(64)24-18-35)56-51(69)43(77-7)30-78-80(74,75)76)52(70)57-39(25-19-34-15-21-37(63)22-16-34)48(66)58-41-27-28-44(65)62(53(41)71)47(32(4)9-2)54(72)61(6)42(50(68)59-45)29-36-13-11-10-12-14-36/h10-18,21-24,31-33,39-47,63-65H,8-9,19-20,25-30H2,1-7H3,(H,56,69)(H,57,70)(H,58,66)(H,59,68)(H,60,67)(H,74,75,76)/t31-,32+,33-,39-,40+,41-,42-,43-,44+,45-,46-,47+/m0/s1. The number of ether oxygens (including phenoxy) is 2. The smallest absolute Gasteiger partial charge is 0.397 e. The van der Waals surface area contributed by atoms with Gasteiger partial charge >= 0.3 is 16.4 Å². The Hall–Kier alpha value is -7.19. The van der Waals surface area contributed by atoms with Gasteiger partial charge in [0, 0.05) is 20.6 Å². The number of aromatic hydroxyl groups is 2. The van der Waals surface area contributed by atoms with E-state index in [1.54, 1.807) is 82.3 Å². The number of cyclic esters (lactones) is 1. The van der Waals surface area contributed by atoms with E-state index in [4.69, 9.17) is 9.47 Å². The number of nitrogens with zero attached hydrogens (tertiary/aromatic N) is 2. The lowest BCUT2D eigenvalue weighted by Gasteiger charge is -2.44. The van der Waals surface area contributed by atoms with Crippen molar-refractivity contribution in [1.29, 1.82) is 0 Å². The van der Waals surface area contributed by atoms with E-state index in [1.807, 2.05) is 0 Å². The molecule has 80 heavy (non-hydrogen) atoms. The number of phenolic OH excluding ortho intramolecular Hbond substituents is 2. The van der Waals surface area contributed by atoms with Crippen LogP contribution in [0.3, 0.4) is 0 Å². The SMILES string of the molecule is CC[C@@H](C)[C@@H]1C(=O)N(C)[C@@H](Cc2ccccc2)C(=O)N[C@@H]([C@@H](C)CC)C(=O)O[C@@H](C)[C@H](NC(=O)[C@@H](CCc2ccc(O)cc2)NC(=O)[C@H](COS(=O)(=O)O)OC)C(=O)N[C@@H](CCc2ccc(O)cc2)C(=O)N[C@H]2CC[C@@H](O)N1C2=O. The molecule has 0 radical (unpaired) electrons. The molecular formula is C55H75N7O17S. The average Bonchev–Trinajstić information content (AvgIpc) is 3.44. The summed E-state index contributed by atoms with van der Waals surface area (Å²) in [5.41, 5.74) is 1.82. The van der Waals surface area contributed by atoms with Crippen LogP contribution in [-0.2, 0) is 81.7 Å². The van der Waals surface area contributed by atoms with E-state index in [-0.39, 0.29) is 62.9 Å². The highest BCUT2D eigenvalue weighted by molar-refractivity contribution is 7.80. The summed E-state index contributed by atoms with van der Waals surface area (Å²) in [4.78, 5) is 120. The highest BCUT2D eigenvalue weighted by Crippen LogP contribution is 2.28. The lowest BCUT2D eigenvalue weighted by Crippen LogP contribution is -2.66. The number of aliphatic hydroxyl groups excluding tert-OH is 1. The van der Waals surface area contributed by atoms with Gasteiger partial charge in [-0.1, -0.05) is 95.1 Å². The van der Waals surface area contributed by atoms with E-state index in [2.05, 4.69) is 30.8 Å². The first-order valence-corrected chi connectivity index (χ1v) is 28.0. The maximum Gasteiger partial charge on any atom is 0.397 e. The van der Waals surface area contributed by atoms with Gasteiger partial charge in [0.15, 0.2) is 6.10 Å². The van der Waals surface area contributed by atoms with Crippen LogP contribution in [-0.4, -0.2) is 167 Å². The van der Waals surface area contributed by atoms with Crippen molar-refractivity contribution in [3.8, 4) is 11.5 Å². The number of aliphatic hydroxyl groups is 1. The number of amides is 7. The molecule has 2 aliphatic heterocycles. The van der Waals surface area contributed by atoms with Gasteiger partial charge in [-0.3, -0.25) is 38.1 Å². The van der Waals surface area contributed by atoms with Gasteiger partial charge in [0.05, 0.1) is 0 Å². The first kappa shape index (κ1) is 63.6. The molecule has 0 aromatic heterocycles. The molecule has 3 aromatic carbocycles. The summed E-state index contributed by atoms with van der Waals surface area (Å²) >= 11 is 0. The van der Waals surface area contributed by atoms with Crippen molar-refractivity contribution < 1.29 is 80.3 Å². The van der Waals surface area contributed by atoms with E-state index in [1.165, 1.54) is 43.1 Å². The Morgan fingerprint density at radius 2 is 1.38 bits per heavy atom. The van der Waals surface area contributed by atoms with Gasteiger partial charge in [0.1, 0.15) is 72.7 Å². The van der Waals surface area contributed by atoms with Crippen molar-refractivity contribution in [3.63, 3.8) is 0 Å². The van der Waals surface area contributed by atoms with E-state index in [9.17, 15) is 57.1 Å². The maximum absolute atomic E-state index is 15.1. The predicted molar refractivity (Wildman–Crippen MR) is 288 cm³/mol. The third-order valence-electron chi connectivity index (χ3n) is 14.7. The molecule has 9 N–H and O–H groups in total.